The average molecular weight is 511 g/mol. The van der Waals surface area contributed by atoms with Crippen molar-refractivity contribution in [1.29, 1.82) is 0 Å². The van der Waals surface area contributed by atoms with Gasteiger partial charge in [-0.25, -0.2) is 4.79 Å². The summed E-state index contributed by atoms with van der Waals surface area (Å²) < 4.78 is 12.4. The number of anilines is 1. The molecule has 5 nitrogen and oxygen atoms in total. The van der Waals surface area contributed by atoms with E-state index >= 15 is 0 Å². The Labute approximate surface area is 192 Å². The zero-order valence-electron chi connectivity index (χ0n) is 15.9. The van der Waals surface area contributed by atoms with Gasteiger partial charge in [-0.05, 0) is 48.0 Å². The van der Waals surface area contributed by atoms with Crippen LogP contribution in [0.4, 0.5) is 5.69 Å². The number of hydrogen-bond donors (Lipinski definition) is 2. The maximum absolute atomic E-state index is 11.1. The van der Waals surface area contributed by atoms with Gasteiger partial charge in [-0.3, -0.25) is 0 Å². The number of carbonyl (C=O) groups is 1. The van der Waals surface area contributed by atoms with E-state index in [1.807, 2.05) is 30.3 Å². The maximum Gasteiger partial charge on any atom is 0.337 e. The van der Waals surface area contributed by atoms with Gasteiger partial charge in [0.05, 0.1) is 17.7 Å². The molecule has 0 amide bonds. The molecular weight excluding hydrogens is 493 g/mol. The van der Waals surface area contributed by atoms with E-state index in [4.69, 9.17) is 37.8 Å². The van der Waals surface area contributed by atoms with Crippen molar-refractivity contribution in [3.63, 3.8) is 0 Å². The summed E-state index contributed by atoms with van der Waals surface area (Å²) in [6.07, 6.45) is 0. The molecule has 3 aromatic carbocycles. The summed E-state index contributed by atoms with van der Waals surface area (Å²) in [6.45, 7) is 0.713. The molecule has 30 heavy (non-hydrogen) atoms. The number of nitrogens with one attached hydrogen (secondary N) is 1. The van der Waals surface area contributed by atoms with Crippen LogP contribution in [0, 0.1) is 0 Å². The number of hydrogen-bond acceptors (Lipinski definition) is 4. The highest BCUT2D eigenvalue weighted by atomic mass is 79.9. The van der Waals surface area contributed by atoms with Gasteiger partial charge in [0.15, 0.2) is 11.5 Å². The number of methoxy groups -OCH3 is 1. The number of halogens is 3. The topological polar surface area (TPSA) is 67.8 Å². The van der Waals surface area contributed by atoms with Crippen LogP contribution in [0.15, 0.2) is 59.1 Å². The van der Waals surface area contributed by atoms with Crippen LogP contribution in [0.1, 0.15) is 21.5 Å². The van der Waals surface area contributed by atoms with Crippen molar-refractivity contribution in [3.8, 4) is 11.5 Å². The van der Waals surface area contributed by atoms with Gasteiger partial charge in [0.1, 0.15) is 6.61 Å². The smallest absolute Gasteiger partial charge is 0.337 e. The third-order valence-electron chi connectivity index (χ3n) is 4.33. The van der Waals surface area contributed by atoms with E-state index in [9.17, 15) is 4.79 Å². The van der Waals surface area contributed by atoms with Gasteiger partial charge in [-0.1, -0.05) is 51.3 Å². The number of carboxylic acid groups (broad SMARTS) is 1. The fourth-order valence-corrected chi connectivity index (χ4v) is 3.76. The molecule has 0 radical (unpaired) electrons. The Balaban J connectivity index is 1.83. The highest BCUT2D eigenvalue weighted by molar-refractivity contribution is 9.10. The summed E-state index contributed by atoms with van der Waals surface area (Å²) in [5.41, 5.74) is 2.50. The number of aromatic carboxylic acids is 1. The van der Waals surface area contributed by atoms with E-state index in [1.165, 1.54) is 6.07 Å². The molecule has 0 spiro atoms. The van der Waals surface area contributed by atoms with Crippen LogP contribution in [0.3, 0.4) is 0 Å². The first-order valence-corrected chi connectivity index (χ1v) is 10.4. The molecule has 0 aliphatic rings. The number of benzene rings is 3. The monoisotopic (exact) mass is 509 g/mol. The molecule has 0 aliphatic carbocycles. The molecule has 0 aromatic heterocycles. The van der Waals surface area contributed by atoms with Gasteiger partial charge in [0, 0.05) is 27.3 Å². The highest BCUT2D eigenvalue weighted by Crippen LogP contribution is 2.37. The number of rotatable bonds is 8. The summed E-state index contributed by atoms with van der Waals surface area (Å²) in [4.78, 5) is 11.1. The Hall–Kier alpha value is -2.41. The van der Waals surface area contributed by atoms with Gasteiger partial charge >= 0.3 is 5.97 Å². The van der Waals surface area contributed by atoms with Gasteiger partial charge in [-0.2, -0.15) is 0 Å². The van der Waals surface area contributed by atoms with Gasteiger partial charge < -0.3 is 19.9 Å². The van der Waals surface area contributed by atoms with Crippen LogP contribution in [0.5, 0.6) is 11.5 Å². The number of carboxylic acids is 1. The molecule has 156 valence electrons. The lowest BCUT2D eigenvalue weighted by Crippen LogP contribution is -2.07. The van der Waals surface area contributed by atoms with Crippen molar-refractivity contribution in [2.45, 2.75) is 13.2 Å². The summed E-state index contributed by atoms with van der Waals surface area (Å²) in [6, 6.07) is 15.8. The third-order valence-corrected chi connectivity index (χ3v) is 5.62. The van der Waals surface area contributed by atoms with E-state index in [2.05, 4.69) is 21.2 Å². The first kappa shape index (κ1) is 22.3. The Morgan fingerprint density at radius 1 is 1.13 bits per heavy atom. The van der Waals surface area contributed by atoms with E-state index in [1.54, 1.807) is 25.3 Å². The SMILES string of the molecule is COc1ccc(Br)c(CNc2ccc(C(=O)O)c(Cl)c2)c1OCc1cccc(Cl)c1. The minimum atomic E-state index is -1.07. The quantitative estimate of drug-likeness (QED) is 0.355. The second-order valence-electron chi connectivity index (χ2n) is 6.33. The Bertz CT molecular complexity index is 1070. The van der Waals surface area contributed by atoms with Crippen molar-refractivity contribution >= 4 is 50.8 Å². The summed E-state index contributed by atoms with van der Waals surface area (Å²) in [7, 11) is 1.58. The minimum absolute atomic E-state index is 0.0512. The van der Waals surface area contributed by atoms with Crippen molar-refractivity contribution in [1.82, 2.24) is 0 Å². The lowest BCUT2D eigenvalue weighted by molar-refractivity contribution is 0.0697. The molecule has 0 unspecified atom stereocenters. The average Bonchev–Trinajstić information content (AvgIpc) is 2.71. The fourth-order valence-electron chi connectivity index (χ4n) is 2.84. The molecule has 0 heterocycles. The Morgan fingerprint density at radius 3 is 2.60 bits per heavy atom. The molecular formula is C22H18BrCl2NO4. The number of ether oxygens (including phenoxy) is 2. The summed E-state index contributed by atoms with van der Waals surface area (Å²) in [5, 5.41) is 13.2. The molecule has 0 atom stereocenters. The maximum atomic E-state index is 11.1. The highest BCUT2D eigenvalue weighted by Gasteiger charge is 2.16. The van der Waals surface area contributed by atoms with Crippen LogP contribution < -0.4 is 14.8 Å². The first-order chi connectivity index (χ1) is 14.4. The van der Waals surface area contributed by atoms with E-state index < -0.39 is 5.97 Å². The van der Waals surface area contributed by atoms with E-state index in [0.717, 1.165) is 15.6 Å². The van der Waals surface area contributed by atoms with Crippen LogP contribution >= 0.6 is 39.1 Å². The van der Waals surface area contributed by atoms with Crippen LogP contribution in [-0.2, 0) is 13.2 Å². The molecule has 3 rings (SSSR count). The van der Waals surface area contributed by atoms with Gasteiger partial charge in [-0.15, -0.1) is 0 Å². The lowest BCUT2D eigenvalue weighted by Gasteiger charge is -2.18. The molecule has 0 fully saturated rings. The molecule has 2 N–H and O–H groups in total. The summed E-state index contributed by atoms with van der Waals surface area (Å²) >= 11 is 15.7. The predicted octanol–water partition coefficient (Wildman–Crippen LogP) is 6.65. The molecule has 3 aromatic rings. The fraction of sp³-hybridized carbons (Fsp3) is 0.136. The molecule has 8 heteroatoms. The van der Waals surface area contributed by atoms with Gasteiger partial charge in [0.2, 0.25) is 0 Å². The van der Waals surface area contributed by atoms with Crippen LogP contribution in [-0.4, -0.2) is 18.2 Å². The van der Waals surface area contributed by atoms with Crippen molar-refractivity contribution < 1.29 is 19.4 Å². The largest absolute Gasteiger partial charge is 0.493 e. The van der Waals surface area contributed by atoms with E-state index in [0.29, 0.717) is 35.4 Å². The first-order valence-electron chi connectivity index (χ1n) is 8.88. The Kier molecular flexibility index (Phi) is 7.48. The predicted molar refractivity (Wildman–Crippen MR) is 122 cm³/mol. The molecule has 0 saturated heterocycles. The van der Waals surface area contributed by atoms with Gasteiger partial charge in [0.25, 0.3) is 0 Å². The molecule has 0 saturated carbocycles. The second kappa shape index (κ2) is 10.1. The zero-order chi connectivity index (χ0) is 21.7. The standard InChI is InChI=1S/C22H18BrCl2NO4/c1-29-20-8-7-18(23)17(21(20)30-12-13-3-2-4-14(24)9-13)11-26-15-5-6-16(22(27)28)19(25)10-15/h2-10,26H,11-12H2,1H3,(H,27,28). The molecule has 0 aliphatic heterocycles. The van der Waals surface area contributed by atoms with Crippen LogP contribution in [0.2, 0.25) is 10.0 Å². The molecule has 0 bridgehead atoms. The third kappa shape index (κ3) is 5.39. The second-order valence-corrected chi connectivity index (χ2v) is 8.03. The van der Waals surface area contributed by atoms with Crippen molar-refractivity contribution in [2.75, 3.05) is 12.4 Å². The van der Waals surface area contributed by atoms with Crippen molar-refractivity contribution in [3.05, 3.63) is 85.8 Å². The Morgan fingerprint density at radius 2 is 1.93 bits per heavy atom. The lowest BCUT2D eigenvalue weighted by atomic mass is 10.1. The summed E-state index contributed by atoms with van der Waals surface area (Å²) in [5.74, 6) is 0.114. The normalized spacial score (nSPS) is 10.5. The minimum Gasteiger partial charge on any atom is -0.493 e. The van der Waals surface area contributed by atoms with Crippen LogP contribution in [0.25, 0.3) is 0 Å². The van der Waals surface area contributed by atoms with E-state index in [-0.39, 0.29) is 10.6 Å². The van der Waals surface area contributed by atoms with Crippen molar-refractivity contribution in [2.24, 2.45) is 0 Å². The zero-order valence-corrected chi connectivity index (χ0v) is 19.0.